The molecule has 0 aliphatic carbocycles. The van der Waals surface area contributed by atoms with E-state index in [9.17, 15) is 4.79 Å². The van der Waals surface area contributed by atoms with Crippen molar-refractivity contribution in [1.82, 2.24) is 14.6 Å². The minimum Gasteiger partial charge on any atom is -0.328 e. The van der Waals surface area contributed by atoms with Gasteiger partial charge in [0.1, 0.15) is 5.69 Å². The Bertz CT molecular complexity index is 939. The number of benzene rings is 1. The van der Waals surface area contributed by atoms with E-state index in [0.29, 0.717) is 5.95 Å². The Morgan fingerprint density at radius 3 is 2.54 bits per heavy atom. The minimum atomic E-state index is -0.00975. The second-order valence-corrected chi connectivity index (χ2v) is 5.94. The number of hydrogen-bond donors (Lipinski definition) is 1. The summed E-state index contributed by atoms with van der Waals surface area (Å²) in [7, 11) is 0. The average molecular weight is 320 g/mol. The average Bonchev–Trinajstić information content (AvgIpc) is 2.86. The van der Waals surface area contributed by atoms with Gasteiger partial charge in [-0.1, -0.05) is 30.3 Å². The molecule has 0 spiro atoms. The Balaban J connectivity index is 2.22. The Labute approximate surface area is 141 Å². The number of carbonyl (C=O) groups excluding carboxylic acids is 1. The highest BCUT2D eigenvalue weighted by Gasteiger charge is 2.16. The summed E-state index contributed by atoms with van der Waals surface area (Å²) in [6.07, 6.45) is 1.55. The number of carbonyl (C=O) groups is 1. The molecule has 1 aromatic carbocycles. The molecule has 3 aromatic rings. The highest BCUT2D eigenvalue weighted by Crippen LogP contribution is 2.29. The molecular weight excluding hydrogens is 300 g/mol. The zero-order valence-electron chi connectivity index (χ0n) is 14.3. The summed E-state index contributed by atoms with van der Waals surface area (Å²) in [6.45, 7) is 7.38. The first kappa shape index (κ1) is 15.9. The van der Waals surface area contributed by atoms with Crippen molar-refractivity contribution in [2.75, 3.05) is 5.32 Å². The summed E-state index contributed by atoms with van der Waals surface area (Å²) >= 11 is 0. The quantitative estimate of drug-likeness (QED) is 0.740. The highest BCUT2D eigenvalue weighted by atomic mass is 16.1. The van der Waals surface area contributed by atoms with E-state index in [1.165, 1.54) is 6.92 Å². The summed E-state index contributed by atoms with van der Waals surface area (Å²) in [5.74, 6) is 0.593. The molecule has 2 aromatic heterocycles. The van der Waals surface area contributed by atoms with Gasteiger partial charge in [0.25, 0.3) is 0 Å². The number of anilines is 1. The van der Waals surface area contributed by atoms with E-state index in [0.717, 1.165) is 33.7 Å². The second kappa shape index (κ2) is 6.28. The van der Waals surface area contributed by atoms with Crippen molar-refractivity contribution in [3.63, 3.8) is 0 Å². The molecule has 0 atom stereocenters. The van der Waals surface area contributed by atoms with E-state index < -0.39 is 0 Å². The maximum Gasteiger partial charge on any atom is 0.229 e. The molecule has 1 N–H and O–H groups in total. The Hall–Kier alpha value is -2.95. The smallest absolute Gasteiger partial charge is 0.229 e. The van der Waals surface area contributed by atoms with Crippen molar-refractivity contribution in [2.45, 2.75) is 27.7 Å². The standard InChI is InChI=1S/C19H20N4O/c1-12-10-14(3)22-23-18(12)17(16-8-6-5-7-9-16)21-19(23)20-13(2)11-15(4)24/h5-11H,1-4H3,(H,20,21)/b13-11-. The largest absolute Gasteiger partial charge is 0.328 e. The van der Waals surface area contributed by atoms with Crippen LogP contribution in [0.5, 0.6) is 0 Å². The molecule has 3 rings (SSSR count). The summed E-state index contributed by atoms with van der Waals surface area (Å²) < 4.78 is 1.81. The van der Waals surface area contributed by atoms with Gasteiger partial charge in [0.2, 0.25) is 5.95 Å². The molecule has 0 bridgehead atoms. The number of fused-ring (bicyclic) bond motifs is 1. The van der Waals surface area contributed by atoms with Gasteiger partial charge in [0.15, 0.2) is 5.78 Å². The third-order valence-electron chi connectivity index (χ3n) is 3.69. The van der Waals surface area contributed by atoms with Crippen molar-refractivity contribution >= 4 is 17.2 Å². The van der Waals surface area contributed by atoms with Crippen molar-refractivity contribution in [2.24, 2.45) is 0 Å². The number of ketones is 1. The Morgan fingerprint density at radius 2 is 1.88 bits per heavy atom. The summed E-state index contributed by atoms with van der Waals surface area (Å²) in [4.78, 5) is 16.0. The van der Waals surface area contributed by atoms with Crippen LogP contribution < -0.4 is 5.32 Å². The molecule has 0 amide bonds. The summed E-state index contributed by atoms with van der Waals surface area (Å²) in [6, 6.07) is 12.1. The molecule has 0 saturated heterocycles. The third kappa shape index (κ3) is 3.06. The number of hydrogen-bond acceptors (Lipinski definition) is 4. The maximum atomic E-state index is 11.3. The predicted octanol–water partition coefficient (Wildman–Crippen LogP) is 3.92. The van der Waals surface area contributed by atoms with Crippen molar-refractivity contribution < 1.29 is 4.79 Å². The van der Waals surface area contributed by atoms with E-state index in [1.54, 1.807) is 6.08 Å². The van der Waals surface area contributed by atoms with Crippen LogP contribution in [-0.2, 0) is 4.79 Å². The van der Waals surface area contributed by atoms with Crippen molar-refractivity contribution in [1.29, 1.82) is 0 Å². The molecular formula is C19H20N4O. The lowest BCUT2D eigenvalue weighted by atomic mass is 10.1. The lowest BCUT2D eigenvalue weighted by Crippen LogP contribution is -2.05. The maximum absolute atomic E-state index is 11.3. The molecule has 0 unspecified atom stereocenters. The predicted molar refractivity (Wildman–Crippen MR) is 96.0 cm³/mol. The molecule has 24 heavy (non-hydrogen) atoms. The normalized spacial score (nSPS) is 11.8. The Morgan fingerprint density at radius 1 is 1.17 bits per heavy atom. The van der Waals surface area contributed by atoms with Crippen LogP contribution in [-0.4, -0.2) is 20.4 Å². The molecule has 0 aliphatic rings. The van der Waals surface area contributed by atoms with Crippen LogP contribution in [0.2, 0.25) is 0 Å². The number of aromatic nitrogens is 3. The molecule has 0 saturated carbocycles. The number of nitrogens with zero attached hydrogens (tertiary/aromatic N) is 3. The summed E-state index contributed by atoms with van der Waals surface area (Å²) in [5, 5.41) is 7.78. The first-order valence-corrected chi connectivity index (χ1v) is 7.84. The lowest BCUT2D eigenvalue weighted by Gasteiger charge is -2.06. The topological polar surface area (TPSA) is 59.3 Å². The van der Waals surface area contributed by atoms with E-state index in [4.69, 9.17) is 4.98 Å². The van der Waals surface area contributed by atoms with Crippen LogP contribution in [0, 0.1) is 13.8 Å². The van der Waals surface area contributed by atoms with Gasteiger partial charge in [-0.15, -0.1) is 0 Å². The zero-order chi connectivity index (χ0) is 17.3. The van der Waals surface area contributed by atoms with Crippen LogP contribution in [0.25, 0.3) is 16.8 Å². The van der Waals surface area contributed by atoms with Gasteiger partial charge in [-0.05, 0) is 45.4 Å². The van der Waals surface area contributed by atoms with E-state index >= 15 is 0 Å². The molecule has 0 aliphatic heterocycles. The molecule has 5 heteroatoms. The molecule has 2 heterocycles. The van der Waals surface area contributed by atoms with Gasteiger partial charge in [-0.2, -0.15) is 9.61 Å². The van der Waals surface area contributed by atoms with Crippen LogP contribution in [0.3, 0.4) is 0 Å². The SMILES string of the molecule is CC(=O)/C=C(/C)Nc1nc(-c2ccccc2)c2c(C)cc(C)nn12. The van der Waals surface area contributed by atoms with Gasteiger partial charge in [-0.25, -0.2) is 4.98 Å². The lowest BCUT2D eigenvalue weighted by molar-refractivity contribution is -0.112. The van der Waals surface area contributed by atoms with Crippen LogP contribution in [0.15, 0.2) is 48.2 Å². The number of imidazole rings is 1. The number of allylic oxidation sites excluding steroid dienone is 2. The van der Waals surface area contributed by atoms with Crippen LogP contribution in [0.4, 0.5) is 5.95 Å². The van der Waals surface area contributed by atoms with Gasteiger partial charge in [-0.3, -0.25) is 4.79 Å². The third-order valence-corrected chi connectivity index (χ3v) is 3.69. The van der Waals surface area contributed by atoms with Gasteiger partial charge in [0.05, 0.1) is 11.2 Å². The molecule has 5 nitrogen and oxygen atoms in total. The van der Waals surface area contributed by atoms with E-state index in [-0.39, 0.29) is 5.78 Å². The van der Waals surface area contributed by atoms with E-state index in [1.807, 2.05) is 54.8 Å². The monoisotopic (exact) mass is 320 g/mol. The van der Waals surface area contributed by atoms with Crippen molar-refractivity contribution in [3.8, 4) is 11.3 Å². The number of rotatable bonds is 4. The minimum absolute atomic E-state index is 0.00975. The Kier molecular flexibility index (Phi) is 4.16. The van der Waals surface area contributed by atoms with Crippen molar-refractivity contribution in [3.05, 3.63) is 59.4 Å². The first-order valence-electron chi connectivity index (χ1n) is 7.84. The summed E-state index contributed by atoms with van der Waals surface area (Å²) in [5.41, 5.74) is 5.62. The first-order chi connectivity index (χ1) is 11.5. The number of nitrogens with one attached hydrogen (secondary N) is 1. The molecule has 122 valence electrons. The zero-order valence-corrected chi connectivity index (χ0v) is 14.3. The second-order valence-electron chi connectivity index (χ2n) is 5.94. The number of aryl methyl sites for hydroxylation is 2. The molecule has 0 fully saturated rings. The fourth-order valence-corrected chi connectivity index (χ4v) is 2.83. The molecule has 0 radical (unpaired) electrons. The van der Waals surface area contributed by atoms with Gasteiger partial charge in [0, 0.05) is 11.3 Å². The van der Waals surface area contributed by atoms with Crippen LogP contribution in [0.1, 0.15) is 25.1 Å². The fourth-order valence-electron chi connectivity index (χ4n) is 2.83. The highest BCUT2D eigenvalue weighted by molar-refractivity contribution is 5.88. The van der Waals surface area contributed by atoms with E-state index in [2.05, 4.69) is 17.3 Å². The van der Waals surface area contributed by atoms with Gasteiger partial charge < -0.3 is 5.32 Å². The fraction of sp³-hybridized carbons (Fsp3) is 0.211. The van der Waals surface area contributed by atoms with Crippen LogP contribution >= 0.6 is 0 Å². The van der Waals surface area contributed by atoms with Gasteiger partial charge >= 0.3 is 0 Å².